The predicted molar refractivity (Wildman–Crippen MR) is 165 cm³/mol. The molecule has 0 bridgehead atoms. The van der Waals surface area contributed by atoms with Crippen LogP contribution in [0.2, 0.25) is 6.32 Å². The van der Waals surface area contributed by atoms with Gasteiger partial charge >= 0.3 is 0 Å². The summed E-state index contributed by atoms with van der Waals surface area (Å²) in [6.07, 6.45) is 5.65. The van der Waals surface area contributed by atoms with Crippen LogP contribution in [0, 0.1) is 13.8 Å². The molecule has 0 spiro atoms. The fourth-order valence-corrected chi connectivity index (χ4v) is 5.03. The molecule has 0 aliphatic heterocycles. The highest BCUT2D eigenvalue weighted by Crippen LogP contribution is 2.33. The number of aryl methyl sites for hydroxylation is 2. The van der Waals surface area contributed by atoms with E-state index in [1.165, 1.54) is 27.8 Å². The van der Waals surface area contributed by atoms with Gasteiger partial charge in [-0.1, -0.05) is 120 Å². The molecule has 38 heavy (non-hydrogen) atoms. The SMILES string of the molecule is Brc1ccc(Cc2ncc(-c3ccccc3)[nH]2)cc1.[B]CCCC(c1ccccc1C)c1ccccc1C. The number of halogens is 1. The van der Waals surface area contributed by atoms with Gasteiger partial charge in [0.15, 0.2) is 0 Å². The molecule has 5 rings (SSSR count). The van der Waals surface area contributed by atoms with Gasteiger partial charge in [0.2, 0.25) is 0 Å². The summed E-state index contributed by atoms with van der Waals surface area (Å²) < 4.78 is 1.10. The smallest absolute Gasteiger partial charge is 0.110 e. The van der Waals surface area contributed by atoms with E-state index in [1.807, 2.05) is 24.4 Å². The second-order valence-electron chi connectivity index (χ2n) is 9.61. The average molecular weight is 561 g/mol. The molecule has 0 aliphatic carbocycles. The van der Waals surface area contributed by atoms with Crippen LogP contribution in [0.4, 0.5) is 0 Å². The molecule has 0 atom stereocenters. The van der Waals surface area contributed by atoms with Crippen molar-refractivity contribution in [1.82, 2.24) is 9.97 Å². The van der Waals surface area contributed by atoms with Gasteiger partial charge in [-0.05, 0) is 65.8 Å². The molecular weight excluding hydrogens is 527 g/mol. The first kappa shape index (κ1) is 27.7. The third-order valence-corrected chi connectivity index (χ3v) is 7.35. The number of aromatic nitrogens is 2. The number of aromatic amines is 1. The van der Waals surface area contributed by atoms with E-state index in [-0.39, 0.29) is 0 Å². The summed E-state index contributed by atoms with van der Waals surface area (Å²) in [5, 5.41) is 0. The normalized spacial score (nSPS) is 10.7. The van der Waals surface area contributed by atoms with E-state index in [0.29, 0.717) is 5.92 Å². The van der Waals surface area contributed by atoms with Gasteiger partial charge < -0.3 is 4.98 Å². The Morgan fingerprint density at radius 3 is 1.92 bits per heavy atom. The summed E-state index contributed by atoms with van der Waals surface area (Å²) in [5.41, 5.74) is 9.08. The first-order valence-corrected chi connectivity index (χ1v) is 14.0. The Bertz CT molecular complexity index is 1360. The van der Waals surface area contributed by atoms with Crippen molar-refractivity contribution < 1.29 is 0 Å². The number of hydrogen-bond acceptors (Lipinski definition) is 1. The van der Waals surface area contributed by atoms with Crippen molar-refractivity contribution in [3.8, 4) is 11.3 Å². The van der Waals surface area contributed by atoms with Crippen LogP contribution in [0.1, 0.15) is 52.4 Å². The van der Waals surface area contributed by atoms with E-state index in [9.17, 15) is 0 Å². The second-order valence-corrected chi connectivity index (χ2v) is 10.5. The van der Waals surface area contributed by atoms with Crippen LogP contribution in [0.5, 0.6) is 0 Å². The zero-order valence-corrected chi connectivity index (χ0v) is 23.8. The third kappa shape index (κ3) is 7.58. The Labute approximate surface area is 237 Å². The van der Waals surface area contributed by atoms with E-state index >= 15 is 0 Å². The topological polar surface area (TPSA) is 28.7 Å². The van der Waals surface area contributed by atoms with Crippen LogP contribution in [0.25, 0.3) is 11.3 Å². The van der Waals surface area contributed by atoms with Crippen molar-refractivity contribution >= 4 is 23.8 Å². The minimum atomic E-state index is 0.464. The van der Waals surface area contributed by atoms with Crippen molar-refractivity contribution in [3.05, 3.63) is 147 Å². The first-order chi connectivity index (χ1) is 18.5. The molecule has 1 aromatic heterocycles. The third-order valence-electron chi connectivity index (χ3n) is 6.82. The Morgan fingerprint density at radius 2 is 1.34 bits per heavy atom. The molecule has 0 amide bonds. The predicted octanol–water partition coefficient (Wildman–Crippen LogP) is 9.23. The molecule has 0 unspecified atom stereocenters. The first-order valence-electron chi connectivity index (χ1n) is 13.2. The molecule has 5 aromatic rings. The minimum Gasteiger partial charge on any atom is -0.342 e. The van der Waals surface area contributed by atoms with Crippen LogP contribution >= 0.6 is 15.9 Å². The highest BCUT2D eigenvalue weighted by Gasteiger charge is 2.16. The number of rotatable bonds is 8. The van der Waals surface area contributed by atoms with Crippen LogP contribution in [-0.2, 0) is 6.42 Å². The number of nitrogens with zero attached hydrogens (tertiary/aromatic N) is 1. The molecule has 0 saturated heterocycles. The van der Waals surface area contributed by atoms with Crippen LogP contribution < -0.4 is 0 Å². The van der Waals surface area contributed by atoms with E-state index < -0.39 is 0 Å². The van der Waals surface area contributed by atoms with Crippen molar-refractivity contribution in [2.45, 2.75) is 45.3 Å². The maximum atomic E-state index is 5.71. The number of hydrogen-bond donors (Lipinski definition) is 1. The maximum Gasteiger partial charge on any atom is 0.110 e. The molecule has 0 saturated carbocycles. The number of nitrogens with one attached hydrogen (secondary N) is 1. The Kier molecular flexibility index (Phi) is 10.2. The fraction of sp³-hybridized carbons (Fsp3) is 0.206. The van der Waals surface area contributed by atoms with Gasteiger partial charge in [-0.25, -0.2) is 4.98 Å². The Hall–Kier alpha value is -3.37. The molecule has 2 nitrogen and oxygen atoms in total. The lowest BCUT2D eigenvalue weighted by Gasteiger charge is -2.21. The number of H-pyrrole nitrogens is 1. The molecule has 190 valence electrons. The van der Waals surface area contributed by atoms with Crippen molar-refractivity contribution in [1.29, 1.82) is 0 Å². The minimum absolute atomic E-state index is 0.464. The Balaban J connectivity index is 0.000000177. The molecule has 4 heteroatoms. The molecule has 1 N–H and O–H groups in total. The standard InChI is InChI=1S/C18H21B.C16H13BrN2/c1-14-8-3-5-10-16(14)18(12-7-13-19)17-11-6-4-9-15(17)2;17-14-8-6-12(7-9-14)10-16-18-11-15(19-16)13-4-2-1-3-5-13/h3-6,8-11,18H,7,12-13H2,1-2H3;1-9,11H,10H2,(H,18,19). The van der Waals surface area contributed by atoms with Crippen molar-refractivity contribution in [3.63, 3.8) is 0 Å². The number of benzene rings is 4. The largest absolute Gasteiger partial charge is 0.342 e. The summed E-state index contributed by atoms with van der Waals surface area (Å²) in [5.74, 6) is 1.45. The van der Waals surface area contributed by atoms with Crippen LogP contribution in [0.3, 0.4) is 0 Å². The lowest BCUT2D eigenvalue weighted by molar-refractivity contribution is 0.691. The molecule has 1 heterocycles. The van der Waals surface area contributed by atoms with Crippen molar-refractivity contribution in [2.75, 3.05) is 0 Å². The molecular formula is C34H34BBrN2. The van der Waals surface area contributed by atoms with Crippen LogP contribution in [0.15, 0.2) is 114 Å². The van der Waals surface area contributed by atoms with Gasteiger partial charge in [0.05, 0.1) is 19.7 Å². The molecule has 0 aliphatic rings. The van der Waals surface area contributed by atoms with E-state index in [4.69, 9.17) is 7.85 Å². The summed E-state index contributed by atoms with van der Waals surface area (Å²) in [4.78, 5) is 7.81. The van der Waals surface area contributed by atoms with Gasteiger partial charge in [0.1, 0.15) is 5.82 Å². The number of imidazole rings is 1. The molecule has 2 radical (unpaired) electrons. The average Bonchev–Trinajstić information content (AvgIpc) is 3.41. The quantitative estimate of drug-likeness (QED) is 0.188. The summed E-state index contributed by atoms with van der Waals surface area (Å²) in [7, 11) is 5.71. The van der Waals surface area contributed by atoms with Gasteiger partial charge in [0.25, 0.3) is 0 Å². The Morgan fingerprint density at radius 1 is 0.763 bits per heavy atom. The van der Waals surface area contributed by atoms with Crippen LogP contribution in [-0.4, -0.2) is 17.8 Å². The summed E-state index contributed by atoms with van der Waals surface area (Å²) >= 11 is 3.44. The van der Waals surface area contributed by atoms with E-state index in [1.54, 1.807) is 0 Å². The zero-order chi connectivity index (χ0) is 26.7. The zero-order valence-electron chi connectivity index (χ0n) is 22.2. The van der Waals surface area contributed by atoms with Gasteiger partial charge in [-0.3, -0.25) is 0 Å². The van der Waals surface area contributed by atoms with Gasteiger partial charge in [0, 0.05) is 16.8 Å². The molecule has 4 aromatic carbocycles. The highest BCUT2D eigenvalue weighted by molar-refractivity contribution is 9.10. The van der Waals surface area contributed by atoms with Gasteiger partial charge in [-0.15, -0.1) is 0 Å². The summed E-state index contributed by atoms with van der Waals surface area (Å²) in [6, 6.07) is 35.9. The van der Waals surface area contributed by atoms with Crippen molar-refractivity contribution in [2.24, 2.45) is 0 Å². The summed E-state index contributed by atoms with van der Waals surface area (Å²) in [6.45, 7) is 4.39. The van der Waals surface area contributed by atoms with E-state index in [2.05, 4.69) is 125 Å². The monoisotopic (exact) mass is 560 g/mol. The maximum absolute atomic E-state index is 5.71. The van der Waals surface area contributed by atoms with E-state index in [0.717, 1.165) is 47.1 Å². The molecule has 0 fully saturated rings. The fourth-order valence-electron chi connectivity index (χ4n) is 4.77. The van der Waals surface area contributed by atoms with Gasteiger partial charge in [-0.2, -0.15) is 0 Å². The lowest BCUT2D eigenvalue weighted by Crippen LogP contribution is -2.05. The highest BCUT2D eigenvalue weighted by atomic mass is 79.9. The second kappa shape index (κ2) is 14.0. The lowest BCUT2D eigenvalue weighted by atomic mass is 9.81.